The van der Waals surface area contributed by atoms with Crippen molar-refractivity contribution in [2.24, 2.45) is 11.3 Å². The number of allylic oxidation sites excluding steroid dienone is 1. The zero-order valence-corrected chi connectivity index (χ0v) is 9.20. The van der Waals surface area contributed by atoms with Crippen molar-refractivity contribution in [3.8, 4) is 6.07 Å². The van der Waals surface area contributed by atoms with Gasteiger partial charge in [0.2, 0.25) is 0 Å². The van der Waals surface area contributed by atoms with Gasteiger partial charge >= 0.3 is 0 Å². The van der Waals surface area contributed by atoms with E-state index < -0.39 is 11.5 Å². The second-order valence-corrected chi connectivity index (χ2v) is 5.34. The fourth-order valence-electron chi connectivity index (χ4n) is 3.79. The third-order valence-electron chi connectivity index (χ3n) is 4.53. The highest BCUT2D eigenvalue weighted by Crippen LogP contribution is 2.57. The molecule has 0 aromatic rings. The molecule has 1 N–H and O–H groups in total. The Bertz CT molecular complexity index is 432. The average molecular weight is 217 g/mol. The van der Waals surface area contributed by atoms with Gasteiger partial charge in [0, 0.05) is 12.8 Å². The van der Waals surface area contributed by atoms with Crippen LogP contribution in [0.3, 0.4) is 0 Å². The Kier molecular flexibility index (Phi) is 1.99. The second-order valence-electron chi connectivity index (χ2n) is 5.34. The number of aliphatic hydroxyl groups excluding tert-OH is 1. The first-order valence-corrected chi connectivity index (χ1v) is 6.01. The Hall–Kier alpha value is -1.14. The molecule has 0 unspecified atom stereocenters. The van der Waals surface area contributed by atoms with E-state index in [1.807, 2.05) is 0 Å². The summed E-state index contributed by atoms with van der Waals surface area (Å²) in [6, 6.07) is 2.44. The highest BCUT2D eigenvalue weighted by atomic mass is 16.3. The van der Waals surface area contributed by atoms with Gasteiger partial charge in [-0.2, -0.15) is 5.26 Å². The maximum Gasteiger partial charge on any atom is 0.137 e. The van der Waals surface area contributed by atoms with Crippen LogP contribution < -0.4 is 0 Å². The average Bonchev–Trinajstić information content (AvgIpc) is 2.70. The third kappa shape index (κ3) is 1.14. The lowest BCUT2D eigenvalue weighted by molar-refractivity contribution is -0.118. The quantitative estimate of drug-likeness (QED) is 0.628. The molecule has 0 aromatic carbocycles. The number of nitriles is 1. The molecule has 3 aliphatic carbocycles. The van der Waals surface area contributed by atoms with E-state index in [0.29, 0.717) is 25.2 Å². The highest BCUT2D eigenvalue weighted by molar-refractivity contribution is 5.82. The van der Waals surface area contributed by atoms with Crippen LogP contribution in [-0.4, -0.2) is 17.0 Å². The zero-order valence-electron chi connectivity index (χ0n) is 9.20. The summed E-state index contributed by atoms with van der Waals surface area (Å²) in [7, 11) is 0. The monoisotopic (exact) mass is 217 g/mol. The number of carbonyl (C=O) groups excluding carboxylic acids is 1. The van der Waals surface area contributed by atoms with Gasteiger partial charge in [0.05, 0.1) is 17.6 Å². The predicted molar refractivity (Wildman–Crippen MR) is 57.3 cm³/mol. The first kappa shape index (κ1) is 10.0. The van der Waals surface area contributed by atoms with E-state index in [2.05, 4.69) is 6.07 Å². The van der Waals surface area contributed by atoms with E-state index in [0.717, 1.165) is 30.4 Å². The van der Waals surface area contributed by atoms with Crippen LogP contribution in [-0.2, 0) is 4.79 Å². The van der Waals surface area contributed by atoms with E-state index in [1.54, 1.807) is 0 Å². The molecule has 0 spiro atoms. The lowest BCUT2D eigenvalue weighted by Gasteiger charge is -2.21. The molecule has 16 heavy (non-hydrogen) atoms. The normalized spacial score (nSPS) is 41.9. The molecule has 1 fully saturated rings. The van der Waals surface area contributed by atoms with Crippen LogP contribution in [0.15, 0.2) is 11.1 Å². The molecule has 0 aliphatic heterocycles. The Morgan fingerprint density at radius 2 is 2.25 bits per heavy atom. The van der Waals surface area contributed by atoms with Crippen molar-refractivity contribution in [1.82, 2.24) is 0 Å². The standard InChI is InChI=1S/C13H15NO2/c14-7-13-3-1-8-5-11(16)10(12(8)13)6-9(15)2-4-13/h8,11,16H,1-6H2/t8-,11+,13+/m0/s1. The molecular weight excluding hydrogens is 202 g/mol. The fraction of sp³-hybridized carbons (Fsp3) is 0.692. The molecule has 0 amide bonds. The minimum Gasteiger partial charge on any atom is -0.389 e. The van der Waals surface area contributed by atoms with Crippen molar-refractivity contribution < 1.29 is 9.90 Å². The van der Waals surface area contributed by atoms with Crippen LogP contribution in [0, 0.1) is 22.7 Å². The molecule has 3 aliphatic rings. The van der Waals surface area contributed by atoms with Crippen molar-refractivity contribution in [2.75, 3.05) is 0 Å². The number of hydrogen-bond acceptors (Lipinski definition) is 3. The van der Waals surface area contributed by atoms with Gasteiger partial charge in [-0.1, -0.05) is 0 Å². The summed E-state index contributed by atoms with van der Waals surface area (Å²) >= 11 is 0. The van der Waals surface area contributed by atoms with E-state index in [9.17, 15) is 15.2 Å². The van der Waals surface area contributed by atoms with Gasteiger partial charge < -0.3 is 5.11 Å². The molecule has 0 radical (unpaired) electrons. The van der Waals surface area contributed by atoms with Crippen LogP contribution in [0.5, 0.6) is 0 Å². The maximum absolute atomic E-state index is 11.7. The summed E-state index contributed by atoms with van der Waals surface area (Å²) in [5, 5.41) is 19.4. The number of rotatable bonds is 0. The number of nitrogens with zero attached hydrogens (tertiary/aromatic N) is 1. The zero-order chi connectivity index (χ0) is 11.3. The second kappa shape index (κ2) is 3.18. The topological polar surface area (TPSA) is 61.1 Å². The minimum atomic E-state index is -0.463. The van der Waals surface area contributed by atoms with E-state index in [-0.39, 0.29) is 5.78 Å². The first-order chi connectivity index (χ1) is 7.66. The Morgan fingerprint density at radius 1 is 1.44 bits per heavy atom. The Morgan fingerprint density at radius 3 is 3.00 bits per heavy atom. The molecule has 84 valence electrons. The molecule has 3 rings (SSSR count). The molecule has 3 atom stereocenters. The number of ketones is 1. The summed E-state index contributed by atoms with van der Waals surface area (Å²) in [5.41, 5.74) is 1.63. The third-order valence-corrected chi connectivity index (χ3v) is 4.53. The van der Waals surface area contributed by atoms with E-state index in [4.69, 9.17) is 0 Å². The molecule has 0 saturated heterocycles. The lowest BCUT2D eigenvalue weighted by Crippen LogP contribution is -2.17. The van der Waals surface area contributed by atoms with Crippen LogP contribution in [0.1, 0.15) is 38.5 Å². The first-order valence-electron chi connectivity index (χ1n) is 6.01. The highest BCUT2D eigenvalue weighted by Gasteiger charge is 2.51. The van der Waals surface area contributed by atoms with E-state index in [1.165, 1.54) is 0 Å². The minimum absolute atomic E-state index is 0.186. The van der Waals surface area contributed by atoms with Gasteiger partial charge in [-0.15, -0.1) is 0 Å². The number of hydrogen-bond donors (Lipinski definition) is 1. The number of carbonyl (C=O) groups is 1. The molecular formula is C13H15NO2. The smallest absolute Gasteiger partial charge is 0.137 e. The van der Waals surface area contributed by atoms with Gasteiger partial charge in [0.25, 0.3) is 0 Å². The van der Waals surface area contributed by atoms with Gasteiger partial charge in [-0.25, -0.2) is 0 Å². The van der Waals surface area contributed by atoms with Crippen molar-refractivity contribution >= 4 is 5.78 Å². The number of Topliss-reactive ketones (excluding diaryl/α,β-unsaturated/α-hetero) is 1. The predicted octanol–water partition coefficient (Wildman–Crippen LogP) is 1.72. The van der Waals surface area contributed by atoms with Crippen molar-refractivity contribution in [3.63, 3.8) is 0 Å². The SMILES string of the molecule is N#C[C@@]12CCC(=O)CC3=C1[C@@H](CC2)C[C@H]3O. The molecule has 1 saturated carbocycles. The van der Waals surface area contributed by atoms with Crippen LogP contribution in [0.25, 0.3) is 0 Å². The van der Waals surface area contributed by atoms with Crippen molar-refractivity contribution in [1.29, 1.82) is 5.26 Å². The lowest BCUT2D eigenvalue weighted by atomic mass is 9.79. The summed E-state index contributed by atoms with van der Waals surface area (Å²) in [4.78, 5) is 11.7. The number of aliphatic hydroxyl groups is 1. The molecule has 0 heterocycles. The fourth-order valence-corrected chi connectivity index (χ4v) is 3.79. The summed E-state index contributed by atoms with van der Waals surface area (Å²) in [6.45, 7) is 0. The molecule has 0 bridgehead atoms. The van der Waals surface area contributed by atoms with Crippen molar-refractivity contribution in [3.05, 3.63) is 11.1 Å². The van der Waals surface area contributed by atoms with Crippen molar-refractivity contribution in [2.45, 2.75) is 44.6 Å². The summed E-state index contributed by atoms with van der Waals surface area (Å²) < 4.78 is 0. The van der Waals surface area contributed by atoms with Gasteiger partial charge in [0.1, 0.15) is 5.78 Å². The van der Waals surface area contributed by atoms with E-state index >= 15 is 0 Å². The molecule has 3 nitrogen and oxygen atoms in total. The molecule has 3 heteroatoms. The largest absolute Gasteiger partial charge is 0.389 e. The van der Waals surface area contributed by atoms with Gasteiger partial charge in [-0.05, 0) is 42.7 Å². The van der Waals surface area contributed by atoms with Crippen LogP contribution in [0.4, 0.5) is 0 Å². The van der Waals surface area contributed by atoms with Crippen LogP contribution >= 0.6 is 0 Å². The van der Waals surface area contributed by atoms with Gasteiger partial charge in [-0.3, -0.25) is 4.79 Å². The van der Waals surface area contributed by atoms with Gasteiger partial charge in [0.15, 0.2) is 0 Å². The Balaban J connectivity index is 2.15. The summed E-state index contributed by atoms with van der Waals surface area (Å²) in [6.07, 6.45) is 3.72. The summed E-state index contributed by atoms with van der Waals surface area (Å²) in [5.74, 6) is 0.557. The molecule has 0 aromatic heterocycles. The maximum atomic E-state index is 11.7. The Labute approximate surface area is 94.8 Å². The van der Waals surface area contributed by atoms with Crippen LogP contribution in [0.2, 0.25) is 0 Å².